The zero-order chi connectivity index (χ0) is 27.4. The van der Waals surface area contributed by atoms with Gasteiger partial charge in [0.1, 0.15) is 11.4 Å². The number of aromatic nitrogens is 2. The van der Waals surface area contributed by atoms with Crippen molar-refractivity contribution in [3.05, 3.63) is 47.2 Å². The largest absolute Gasteiger partial charge is 0.462 e. The molecule has 4 heterocycles. The molecule has 0 saturated carbocycles. The highest BCUT2D eigenvalue weighted by atomic mass is 28.4. The minimum atomic E-state index is -1.82. The fraction of sp³-hybridized carbons (Fsp3) is 0.462. The summed E-state index contributed by atoms with van der Waals surface area (Å²) in [6, 6.07) is 3.23. The molecule has 0 spiro atoms. The smallest absolute Gasteiger partial charge is 0.354 e. The third-order valence-electron chi connectivity index (χ3n) is 6.42. The van der Waals surface area contributed by atoms with Crippen LogP contribution in [0, 0.1) is 0 Å². The highest BCUT2D eigenvalue weighted by Gasteiger charge is 2.37. The van der Waals surface area contributed by atoms with Gasteiger partial charge in [-0.2, -0.15) is 0 Å². The Bertz CT molecular complexity index is 1350. The van der Waals surface area contributed by atoms with Gasteiger partial charge in [0.25, 0.3) is 0 Å². The molecule has 0 fully saturated rings. The van der Waals surface area contributed by atoms with Gasteiger partial charge in [-0.05, 0) is 32.0 Å². The number of rotatable bonds is 8. The Kier molecular flexibility index (Phi) is 8.72. The predicted molar refractivity (Wildman–Crippen MR) is 141 cm³/mol. The zero-order valence-corrected chi connectivity index (χ0v) is 23.4. The van der Waals surface area contributed by atoms with Crippen molar-refractivity contribution in [2.24, 2.45) is 0 Å². The summed E-state index contributed by atoms with van der Waals surface area (Å²) < 4.78 is 26.7. The lowest BCUT2D eigenvalue weighted by Crippen LogP contribution is -2.40. The Morgan fingerprint density at radius 2 is 1.35 bits per heavy atom. The SMILES string of the molecule is CCOC(=O)c1cc2occ(CO)c2[nH]1.CCOC(=O)c1cc2occ(CO[Si](C)(C)C(C)(C)C)c2[nH]1. The van der Waals surface area contributed by atoms with Gasteiger partial charge in [0.2, 0.25) is 0 Å². The fourth-order valence-electron chi connectivity index (χ4n) is 3.26. The van der Waals surface area contributed by atoms with E-state index < -0.39 is 14.3 Å². The van der Waals surface area contributed by atoms with Gasteiger partial charge in [-0.3, -0.25) is 0 Å². The van der Waals surface area contributed by atoms with Crippen LogP contribution in [0.15, 0.2) is 33.5 Å². The molecule has 0 aliphatic rings. The predicted octanol–water partition coefficient (Wildman–Crippen LogP) is 5.89. The number of ether oxygens (including phenoxy) is 2. The van der Waals surface area contributed by atoms with Crippen LogP contribution in [-0.4, -0.2) is 48.5 Å². The van der Waals surface area contributed by atoms with Gasteiger partial charge in [0.05, 0.1) is 50.0 Å². The molecule has 0 atom stereocenters. The average molecular weight is 533 g/mol. The number of esters is 2. The lowest BCUT2D eigenvalue weighted by Gasteiger charge is -2.36. The lowest BCUT2D eigenvalue weighted by atomic mass is 10.2. The molecule has 0 saturated heterocycles. The van der Waals surface area contributed by atoms with Gasteiger partial charge in [-0.25, -0.2) is 9.59 Å². The molecule has 37 heavy (non-hydrogen) atoms. The lowest BCUT2D eigenvalue weighted by molar-refractivity contribution is 0.0511. The number of carbonyl (C=O) groups excluding carboxylic acids is 2. The number of hydrogen-bond acceptors (Lipinski definition) is 8. The number of aliphatic hydroxyl groups excluding tert-OH is 1. The Labute approximate surface area is 216 Å². The first-order valence-electron chi connectivity index (χ1n) is 12.2. The van der Waals surface area contributed by atoms with E-state index in [1.165, 1.54) is 6.26 Å². The Hall–Kier alpha value is -3.28. The highest BCUT2D eigenvalue weighted by Crippen LogP contribution is 2.37. The summed E-state index contributed by atoms with van der Waals surface area (Å²) in [5.41, 5.74) is 4.93. The van der Waals surface area contributed by atoms with E-state index in [9.17, 15) is 9.59 Å². The van der Waals surface area contributed by atoms with Crippen LogP contribution in [0.4, 0.5) is 0 Å². The van der Waals surface area contributed by atoms with E-state index in [0.29, 0.717) is 53.5 Å². The number of carbonyl (C=O) groups is 2. The van der Waals surface area contributed by atoms with E-state index in [1.54, 1.807) is 32.2 Å². The number of aromatic amines is 2. The Morgan fingerprint density at radius 1 is 0.892 bits per heavy atom. The van der Waals surface area contributed by atoms with Crippen LogP contribution in [-0.2, 0) is 27.1 Å². The van der Waals surface area contributed by atoms with Crippen molar-refractivity contribution >= 4 is 42.5 Å². The summed E-state index contributed by atoms with van der Waals surface area (Å²) in [5.74, 6) is -0.794. The molecule has 0 aliphatic carbocycles. The monoisotopic (exact) mass is 532 g/mol. The number of fused-ring (bicyclic) bond motifs is 2. The zero-order valence-electron chi connectivity index (χ0n) is 22.4. The molecule has 4 rings (SSSR count). The third-order valence-corrected chi connectivity index (χ3v) is 10.9. The van der Waals surface area contributed by atoms with Crippen molar-refractivity contribution in [2.45, 2.75) is 66.0 Å². The Morgan fingerprint density at radius 3 is 1.78 bits per heavy atom. The van der Waals surface area contributed by atoms with Crippen molar-refractivity contribution in [3.63, 3.8) is 0 Å². The quantitative estimate of drug-likeness (QED) is 0.188. The van der Waals surface area contributed by atoms with E-state index in [-0.39, 0.29) is 17.6 Å². The topological polar surface area (TPSA) is 140 Å². The van der Waals surface area contributed by atoms with Gasteiger partial charge in [0, 0.05) is 23.3 Å². The second kappa shape index (κ2) is 11.4. The van der Waals surface area contributed by atoms with Gasteiger partial charge in [-0.15, -0.1) is 0 Å². The van der Waals surface area contributed by atoms with Crippen molar-refractivity contribution in [1.82, 2.24) is 9.97 Å². The number of aliphatic hydroxyl groups is 1. The standard InChI is InChI=1S/C16H25NO4Si.C10H11NO4/c1-7-19-15(18)12-8-13-14(17-12)11(9-20-13)10-21-22(5,6)16(2,3)4;1-2-14-10(13)7-3-8-9(11-7)6(4-12)5-15-8/h8-9,17H,7,10H2,1-6H3;3,5,11-12H,2,4H2,1H3. The normalized spacial score (nSPS) is 12.0. The van der Waals surface area contributed by atoms with Crippen molar-refractivity contribution in [1.29, 1.82) is 0 Å². The molecule has 11 heteroatoms. The number of furan rings is 2. The van der Waals surface area contributed by atoms with Gasteiger partial charge in [-0.1, -0.05) is 20.8 Å². The second-order valence-corrected chi connectivity index (χ2v) is 14.8. The molecule has 4 aromatic rings. The molecule has 4 aromatic heterocycles. The van der Waals surface area contributed by atoms with Gasteiger partial charge >= 0.3 is 11.9 Å². The molecule has 0 radical (unpaired) electrons. The highest BCUT2D eigenvalue weighted by molar-refractivity contribution is 6.74. The van der Waals surface area contributed by atoms with E-state index in [2.05, 4.69) is 43.8 Å². The molecular weight excluding hydrogens is 496 g/mol. The van der Waals surface area contributed by atoms with Crippen LogP contribution in [0.2, 0.25) is 18.1 Å². The summed E-state index contributed by atoms with van der Waals surface area (Å²) >= 11 is 0. The van der Waals surface area contributed by atoms with Gasteiger partial charge in [0.15, 0.2) is 19.5 Å². The summed E-state index contributed by atoms with van der Waals surface area (Å²) in [6.07, 6.45) is 3.14. The molecule has 0 bridgehead atoms. The van der Waals surface area contributed by atoms with E-state index in [1.807, 2.05) is 0 Å². The van der Waals surface area contributed by atoms with Crippen LogP contribution in [0.1, 0.15) is 66.7 Å². The molecule has 0 amide bonds. The van der Waals surface area contributed by atoms with Crippen LogP contribution < -0.4 is 0 Å². The first-order valence-corrected chi connectivity index (χ1v) is 15.1. The molecule has 10 nitrogen and oxygen atoms in total. The van der Waals surface area contributed by atoms with Crippen molar-refractivity contribution in [2.75, 3.05) is 13.2 Å². The van der Waals surface area contributed by atoms with Crippen LogP contribution >= 0.6 is 0 Å². The Balaban J connectivity index is 0.000000220. The van der Waals surface area contributed by atoms with E-state index in [0.717, 1.165) is 11.1 Å². The minimum absolute atomic E-state index is 0.129. The van der Waals surface area contributed by atoms with Crippen LogP contribution in [0.25, 0.3) is 22.2 Å². The maximum absolute atomic E-state index is 11.8. The number of H-pyrrole nitrogens is 2. The van der Waals surface area contributed by atoms with Crippen molar-refractivity contribution < 1.29 is 37.4 Å². The molecule has 0 aromatic carbocycles. The third kappa shape index (κ3) is 6.35. The summed E-state index contributed by atoms with van der Waals surface area (Å²) in [4.78, 5) is 29.0. The molecule has 0 unspecified atom stereocenters. The first kappa shape index (κ1) is 28.3. The maximum Gasteiger partial charge on any atom is 0.354 e. The fourth-order valence-corrected chi connectivity index (χ4v) is 4.21. The average Bonchev–Trinajstić information content (AvgIpc) is 3.58. The minimum Gasteiger partial charge on any atom is -0.462 e. The van der Waals surface area contributed by atoms with Crippen LogP contribution in [0.3, 0.4) is 0 Å². The van der Waals surface area contributed by atoms with Crippen molar-refractivity contribution in [3.8, 4) is 0 Å². The summed E-state index contributed by atoms with van der Waals surface area (Å²) in [7, 11) is -1.82. The molecule has 3 N–H and O–H groups in total. The maximum atomic E-state index is 11.8. The summed E-state index contributed by atoms with van der Waals surface area (Å²) in [6.45, 7) is 15.6. The first-order chi connectivity index (χ1) is 17.4. The second-order valence-electron chi connectivity index (χ2n) is 10.0. The van der Waals surface area contributed by atoms with Crippen LogP contribution in [0.5, 0.6) is 0 Å². The molecule has 202 valence electrons. The number of hydrogen-bond donors (Lipinski definition) is 3. The number of nitrogens with one attached hydrogen (secondary N) is 2. The van der Waals surface area contributed by atoms with E-state index in [4.69, 9.17) is 27.8 Å². The molecular formula is C26H36N2O8Si. The molecule has 0 aliphatic heterocycles. The summed E-state index contributed by atoms with van der Waals surface area (Å²) in [5, 5.41) is 9.13. The van der Waals surface area contributed by atoms with E-state index >= 15 is 0 Å². The van der Waals surface area contributed by atoms with Gasteiger partial charge < -0.3 is 37.8 Å².